The summed E-state index contributed by atoms with van der Waals surface area (Å²) in [7, 11) is 0. The molecule has 2 aliphatic heterocycles. The van der Waals surface area contributed by atoms with Crippen LogP contribution in [0.4, 0.5) is 5.82 Å². The van der Waals surface area contributed by atoms with Crippen LogP contribution in [0.2, 0.25) is 0 Å². The number of aliphatic hydroxyl groups is 1. The second-order valence-electron chi connectivity index (χ2n) is 8.45. The van der Waals surface area contributed by atoms with Crippen LogP contribution in [0.15, 0.2) is 33.0 Å². The average molecular weight is 549 g/mol. The first-order chi connectivity index (χ1) is 16.4. The average Bonchev–Trinajstić information content (AvgIpc) is 3.42. The summed E-state index contributed by atoms with van der Waals surface area (Å²) in [5, 5.41) is 10.3. The number of carbonyl (C=O) groups is 1. The smallest absolute Gasteiger partial charge is 0.251 e. The Bertz CT molecular complexity index is 1230. The summed E-state index contributed by atoms with van der Waals surface area (Å²) >= 11 is 5.12. The Kier molecular flexibility index (Phi) is 6.54. The molecule has 0 spiro atoms. The molecule has 1 aromatic carbocycles. The molecular weight excluding hydrogens is 524 g/mol. The van der Waals surface area contributed by atoms with Crippen molar-refractivity contribution in [1.29, 1.82) is 0 Å². The molecule has 180 valence electrons. The summed E-state index contributed by atoms with van der Waals surface area (Å²) in [5.41, 5.74) is 7.39. The van der Waals surface area contributed by atoms with Gasteiger partial charge in [-0.25, -0.2) is 15.0 Å². The van der Waals surface area contributed by atoms with Gasteiger partial charge in [0.25, 0.3) is 5.91 Å². The number of aliphatic hydroxyl groups excluding tert-OH is 1. The second-order valence-corrected chi connectivity index (χ2v) is 10.3. The summed E-state index contributed by atoms with van der Waals surface area (Å²) in [5.74, 6) is 2.02. The van der Waals surface area contributed by atoms with Gasteiger partial charge >= 0.3 is 0 Å². The number of hydrogen-bond acceptors (Lipinski definition) is 9. The van der Waals surface area contributed by atoms with E-state index in [1.807, 2.05) is 12.1 Å². The van der Waals surface area contributed by atoms with Gasteiger partial charge in [0.15, 0.2) is 33.6 Å². The van der Waals surface area contributed by atoms with Gasteiger partial charge in [0, 0.05) is 29.0 Å². The quantitative estimate of drug-likeness (QED) is 0.477. The number of aryl methyl sites for hydroxylation is 1. The van der Waals surface area contributed by atoms with Crippen LogP contribution in [-0.2, 0) is 11.3 Å². The van der Waals surface area contributed by atoms with Gasteiger partial charge < -0.3 is 29.8 Å². The molecule has 4 heterocycles. The number of benzene rings is 1. The third-order valence-corrected chi connectivity index (χ3v) is 8.17. The van der Waals surface area contributed by atoms with E-state index in [4.69, 9.17) is 20.2 Å². The molecule has 0 bridgehead atoms. The fourth-order valence-corrected chi connectivity index (χ4v) is 5.82. The first kappa shape index (κ1) is 23.2. The van der Waals surface area contributed by atoms with Crippen LogP contribution in [0.1, 0.15) is 26.2 Å². The molecule has 3 N–H and O–H groups in total. The van der Waals surface area contributed by atoms with Crippen molar-refractivity contribution < 1.29 is 19.4 Å². The second kappa shape index (κ2) is 9.59. The number of piperidine rings is 1. The Balaban J connectivity index is 1.36. The Labute approximate surface area is 209 Å². The lowest BCUT2D eigenvalue weighted by Crippen LogP contribution is -2.43. The highest BCUT2D eigenvalue weighted by molar-refractivity contribution is 9.10. The first-order valence-electron chi connectivity index (χ1n) is 11.1. The number of carbonyl (C=O) groups excluding carboxylic acids is 1. The van der Waals surface area contributed by atoms with Crippen LogP contribution in [0, 0.1) is 5.92 Å². The van der Waals surface area contributed by atoms with Gasteiger partial charge in [-0.15, -0.1) is 0 Å². The van der Waals surface area contributed by atoms with Crippen LogP contribution in [0.25, 0.3) is 11.2 Å². The highest BCUT2D eigenvalue weighted by Crippen LogP contribution is 2.43. The van der Waals surface area contributed by atoms with E-state index in [1.165, 1.54) is 25.0 Å². The number of nitrogens with two attached hydrogens (primary N) is 1. The molecule has 0 aliphatic carbocycles. The zero-order valence-electron chi connectivity index (χ0n) is 18.6. The molecule has 34 heavy (non-hydrogen) atoms. The van der Waals surface area contributed by atoms with E-state index >= 15 is 0 Å². The largest absolute Gasteiger partial charge is 0.454 e. The van der Waals surface area contributed by atoms with E-state index in [0.717, 1.165) is 33.8 Å². The van der Waals surface area contributed by atoms with Crippen molar-refractivity contribution in [3.05, 3.63) is 22.9 Å². The summed E-state index contributed by atoms with van der Waals surface area (Å²) in [6.45, 7) is 3.78. The summed E-state index contributed by atoms with van der Waals surface area (Å²) in [6.07, 6.45) is 3.23. The van der Waals surface area contributed by atoms with E-state index in [2.05, 4.69) is 30.5 Å². The van der Waals surface area contributed by atoms with Crippen LogP contribution in [0.5, 0.6) is 11.5 Å². The van der Waals surface area contributed by atoms with Gasteiger partial charge in [-0.2, -0.15) is 0 Å². The number of ether oxygens (including phenoxy) is 2. The molecule has 1 saturated heterocycles. The van der Waals surface area contributed by atoms with E-state index in [9.17, 15) is 9.90 Å². The van der Waals surface area contributed by atoms with Gasteiger partial charge in [-0.05, 0) is 60.2 Å². The lowest BCUT2D eigenvalue weighted by atomic mass is 9.93. The van der Waals surface area contributed by atoms with Gasteiger partial charge in [0.1, 0.15) is 12.4 Å². The van der Waals surface area contributed by atoms with Crippen molar-refractivity contribution >= 4 is 50.6 Å². The van der Waals surface area contributed by atoms with Gasteiger partial charge in [-0.1, -0.05) is 11.8 Å². The van der Waals surface area contributed by atoms with Crippen molar-refractivity contribution in [2.45, 2.75) is 48.9 Å². The number of hydrogen-bond donors (Lipinski definition) is 2. The molecule has 0 radical (unpaired) electrons. The Morgan fingerprint density at radius 2 is 2.03 bits per heavy atom. The monoisotopic (exact) mass is 548 g/mol. The number of amides is 1. The summed E-state index contributed by atoms with van der Waals surface area (Å²) in [6, 6.07) is 3.83. The van der Waals surface area contributed by atoms with E-state index in [-0.39, 0.29) is 12.7 Å². The topological polar surface area (TPSA) is 129 Å². The molecule has 3 aromatic rings. The maximum absolute atomic E-state index is 12.1. The van der Waals surface area contributed by atoms with Crippen molar-refractivity contribution in [1.82, 2.24) is 24.4 Å². The molecule has 2 aromatic heterocycles. The normalized spacial score (nSPS) is 16.9. The number of halogens is 1. The third kappa shape index (κ3) is 4.53. The number of anilines is 1. The van der Waals surface area contributed by atoms with Crippen LogP contribution in [0.3, 0.4) is 0 Å². The van der Waals surface area contributed by atoms with E-state index in [1.54, 1.807) is 4.90 Å². The lowest BCUT2D eigenvalue weighted by molar-refractivity contribution is -0.140. The number of rotatable bonds is 6. The van der Waals surface area contributed by atoms with Gasteiger partial charge in [-0.3, -0.25) is 4.79 Å². The molecule has 0 saturated carbocycles. The Morgan fingerprint density at radius 1 is 1.29 bits per heavy atom. The molecule has 1 amide bonds. The van der Waals surface area contributed by atoms with Crippen molar-refractivity contribution in [3.8, 4) is 11.5 Å². The predicted molar refractivity (Wildman–Crippen MR) is 130 cm³/mol. The minimum Gasteiger partial charge on any atom is -0.454 e. The van der Waals surface area contributed by atoms with Crippen molar-refractivity contribution in [3.63, 3.8) is 0 Å². The van der Waals surface area contributed by atoms with Gasteiger partial charge in [0.2, 0.25) is 6.79 Å². The SMILES string of the molecule is C[C@@H](O)C(=O)N1CCC(CCn2c(Sc3cc4c(cc3Br)OCO4)nc3c(N)ncnc32)CC1. The fraction of sp³-hybridized carbons (Fsp3) is 0.455. The standard InChI is InChI=1S/C22H25BrN6O4S/c1-12(30)21(31)28-5-2-13(3-6-28)4-7-29-20-18(19(24)25-10-26-20)27-22(29)34-17-9-16-15(8-14(17)23)32-11-33-16/h8-10,12-13,30H,2-7,11H2,1H3,(H2,24,25,26)/t12-/m1/s1. The Hall–Kier alpha value is -2.57. The fourth-order valence-electron chi connectivity index (χ4n) is 4.31. The first-order valence-corrected chi connectivity index (χ1v) is 12.7. The summed E-state index contributed by atoms with van der Waals surface area (Å²) in [4.78, 5) is 28.1. The number of imidazole rings is 1. The number of nitrogen functional groups attached to an aromatic ring is 1. The van der Waals surface area contributed by atoms with Gasteiger partial charge in [0.05, 0.1) is 0 Å². The minimum atomic E-state index is -0.950. The van der Waals surface area contributed by atoms with Crippen molar-refractivity contribution in [2.75, 3.05) is 25.6 Å². The van der Waals surface area contributed by atoms with Crippen LogP contribution < -0.4 is 15.2 Å². The maximum atomic E-state index is 12.1. The number of fused-ring (bicyclic) bond motifs is 2. The molecule has 10 nitrogen and oxygen atoms in total. The minimum absolute atomic E-state index is 0.195. The molecule has 2 aliphatic rings. The molecule has 1 fully saturated rings. The van der Waals surface area contributed by atoms with E-state index in [0.29, 0.717) is 54.0 Å². The molecular formula is C22H25BrN6O4S. The summed E-state index contributed by atoms with van der Waals surface area (Å²) < 4.78 is 14.0. The lowest BCUT2D eigenvalue weighted by Gasteiger charge is -2.32. The molecule has 12 heteroatoms. The highest BCUT2D eigenvalue weighted by Gasteiger charge is 2.26. The maximum Gasteiger partial charge on any atom is 0.251 e. The molecule has 5 rings (SSSR count). The van der Waals surface area contributed by atoms with E-state index < -0.39 is 6.10 Å². The number of nitrogens with zero attached hydrogens (tertiary/aromatic N) is 5. The third-order valence-electron chi connectivity index (χ3n) is 6.20. The number of aromatic nitrogens is 4. The zero-order valence-corrected chi connectivity index (χ0v) is 21.0. The number of likely N-dealkylation sites (tertiary alicyclic amines) is 1. The zero-order chi connectivity index (χ0) is 23.8. The van der Waals surface area contributed by atoms with Crippen LogP contribution >= 0.6 is 27.7 Å². The Morgan fingerprint density at radius 3 is 2.76 bits per heavy atom. The molecule has 0 unspecified atom stereocenters. The van der Waals surface area contributed by atoms with Crippen LogP contribution in [-0.4, -0.2) is 61.4 Å². The molecule has 1 atom stereocenters. The highest BCUT2D eigenvalue weighted by atomic mass is 79.9. The van der Waals surface area contributed by atoms with Crippen molar-refractivity contribution in [2.24, 2.45) is 5.92 Å². The predicted octanol–water partition coefficient (Wildman–Crippen LogP) is 3.06.